The van der Waals surface area contributed by atoms with Crippen LogP contribution in [0.1, 0.15) is 12.0 Å². The van der Waals surface area contributed by atoms with Gasteiger partial charge in [-0.05, 0) is 23.8 Å². The van der Waals surface area contributed by atoms with Crippen LogP contribution in [0, 0.1) is 0 Å². The van der Waals surface area contributed by atoms with E-state index in [1.165, 1.54) is 0 Å². The summed E-state index contributed by atoms with van der Waals surface area (Å²) in [6.07, 6.45) is 1.53. The molecule has 0 aliphatic carbocycles. The molecule has 2 aromatic rings. The fourth-order valence-electron chi connectivity index (χ4n) is 2.30. The number of nitrogens with one attached hydrogen (secondary N) is 3. The van der Waals surface area contributed by atoms with E-state index in [2.05, 4.69) is 26.2 Å². The van der Waals surface area contributed by atoms with Gasteiger partial charge >= 0.3 is 0 Å². The molecule has 1 atom stereocenters. The number of anilines is 1. The van der Waals surface area contributed by atoms with E-state index < -0.39 is 6.04 Å². The summed E-state index contributed by atoms with van der Waals surface area (Å²) in [6, 6.07) is 15.5. The Morgan fingerprint density at radius 1 is 1.23 bits per heavy atom. The predicted octanol–water partition coefficient (Wildman–Crippen LogP) is 2.15. The maximum Gasteiger partial charge on any atom is 0.252 e. The van der Waals surface area contributed by atoms with Crippen LogP contribution in [-0.2, 0) is 9.59 Å². The van der Waals surface area contributed by atoms with Crippen molar-refractivity contribution in [2.24, 2.45) is 10.1 Å². The molecule has 0 saturated carbocycles. The smallest absolute Gasteiger partial charge is 0.252 e. The Labute approximate surface area is 155 Å². The maximum absolute atomic E-state index is 12.1. The Kier molecular flexibility index (Phi) is 5.60. The molecule has 1 aliphatic rings. The van der Waals surface area contributed by atoms with Crippen molar-refractivity contribution < 1.29 is 9.59 Å². The van der Waals surface area contributed by atoms with Gasteiger partial charge in [-0.1, -0.05) is 48.0 Å². The SMILES string of the molecule is O=C(C[C@H]1N=C(N/N=C/c2ccccc2)NC1=O)Nc1cccc(Cl)c1. The minimum Gasteiger partial charge on any atom is -0.326 e. The monoisotopic (exact) mass is 369 g/mol. The number of aliphatic imine (C=N–C) groups is 1. The van der Waals surface area contributed by atoms with Crippen LogP contribution in [0.15, 0.2) is 64.7 Å². The molecule has 26 heavy (non-hydrogen) atoms. The second-order valence-electron chi connectivity index (χ2n) is 5.53. The van der Waals surface area contributed by atoms with Crippen LogP contribution in [-0.4, -0.2) is 30.0 Å². The first-order valence-electron chi connectivity index (χ1n) is 7.88. The first-order valence-corrected chi connectivity index (χ1v) is 8.26. The number of hydrogen-bond donors (Lipinski definition) is 3. The van der Waals surface area contributed by atoms with Gasteiger partial charge in [-0.25, -0.2) is 10.4 Å². The van der Waals surface area contributed by atoms with Crippen LogP contribution in [0.4, 0.5) is 5.69 Å². The lowest BCUT2D eigenvalue weighted by molar-refractivity contribution is -0.123. The van der Waals surface area contributed by atoms with Crippen LogP contribution in [0.5, 0.6) is 0 Å². The molecule has 8 heteroatoms. The second-order valence-corrected chi connectivity index (χ2v) is 5.96. The van der Waals surface area contributed by atoms with Gasteiger partial charge in [0.25, 0.3) is 5.91 Å². The molecule has 0 unspecified atom stereocenters. The van der Waals surface area contributed by atoms with E-state index in [0.29, 0.717) is 10.7 Å². The minimum atomic E-state index is -0.802. The van der Waals surface area contributed by atoms with Crippen molar-refractivity contribution in [1.82, 2.24) is 10.7 Å². The quantitative estimate of drug-likeness (QED) is 0.556. The fourth-order valence-corrected chi connectivity index (χ4v) is 2.49. The summed E-state index contributed by atoms with van der Waals surface area (Å²) in [5.74, 6) is -0.475. The summed E-state index contributed by atoms with van der Waals surface area (Å²) in [7, 11) is 0. The zero-order chi connectivity index (χ0) is 18.4. The molecular formula is C18H16ClN5O2. The highest BCUT2D eigenvalue weighted by atomic mass is 35.5. The van der Waals surface area contributed by atoms with E-state index in [1.807, 2.05) is 30.3 Å². The van der Waals surface area contributed by atoms with E-state index >= 15 is 0 Å². The van der Waals surface area contributed by atoms with Crippen molar-refractivity contribution in [3.63, 3.8) is 0 Å². The minimum absolute atomic E-state index is 0.0775. The van der Waals surface area contributed by atoms with E-state index in [1.54, 1.807) is 30.5 Å². The summed E-state index contributed by atoms with van der Waals surface area (Å²) >= 11 is 5.87. The van der Waals surface area contributed by atoms with E-state index in [-0.39, 0.29) is 24.2 Å². The molecule has 132 valence electrons. The van der Waals surface area contributed by atoms with E-state index in [4.69, 9.17) is 11.6 Å². The first-order chi connectivity index (χ1) is 12.6. The molecule has 0 aromatic heterocycles. The summed E-state index contributed by atoms with van der Waals surface area (Å²) in [6.45, 7) is 0. The van der Waals surface area contributed by atoms with Crippen molar-refractivity contribution in [1.29, 1.82) is 0 Å². The van der Waals surface area contributed by atoms with Gasteiger partial charge in [0, 0.05) is 10.7 Å². The summed E-state index contributed by atoms with van der Waals surface area (Å²) in [4.78, 5) is 28.2. The topological polar surface area (TPSA) is 94.9 Å². The zero-order valence-electron chi connectivity index (χ0n) is 13.6. The fraction of sp³-hybridized carbons (Fsp3) is 0.111. The maximum atomic E-state index is 12.1. The van der Waals surface area contributed by atoms with Gasteiger partial charge in [0.05, 0.1) is 12.6 Å². The number of hydrogen-bond acceptors (Lipinski definition) is 5. The number of nitrogens with zero attached hydrogens (tertiary/aromatic N) is 2. The van der Waals surface area contributed by atoms with Crippen LogP contribution >= 0.6 is 11.6 Å². The summed E-state index contributed by atoms with van der Waals surface area (Å²) in [5, 5.41) is 9.77. The highest BCUT2D eigenvalue weighted by Gasteiger charge is 2.28. The molecule has 0 spiro atoms. The lowest BCUT2D eigenvalue weighted by Crippen LogP contribution is -2.35. The average molecular weight is 370 g/mol. The molecule has 3 N–H and O–H groups in total. The van der Waals surface area contributed by atoms with Crippen molar-refractivity contribution in [3.05, 3.63) is 65.2 Å². The average Bonchev–Trinajstić information content (AvgIpc) is 2.95. The number of carbonyl (C=O) groups is 2. The molecule has 0 saturated heterocycles. The highest BCUT2D eigenvalue weighted by molar-refractivity contribution is 6.30. The third-order valence-corrected chi connectivity index (χ3v) is 3.74. The Hall–Kier alpha value is -3.19. The molecule has 0 fully saturated rings. The number of rotatable bonds is 5. The van der Waals surface area contributed by atoms with Gasteiger partial charge in [-0.2, -0.15) is 5.10 Å². The molecule has 2 aromatic carbocycles. The van der Waals surface area contributed by atoms with Crippen molar-refractivity contribution in [2.45, 2.75) is 12.5 Å². The van der Waals surface area contributed by atoms with Crippen LogP contribution in [0.2, 0.25) is 5.02 Å². The lowest BCUT2D eigenvalue weighted by atomic mass is 10.2. The Bertz CT molecular complexity index is 867. The van der Waals surface area contributed by atoms with Gasteiger partial charge in [-0.3, -0.25) is 14.9 Å². The number of halogens is 1. The lowest BCUT2D eigenvalue weighted by Gasteiger charge is -2.07. The molecule has 1 heterocycles. The first kappa shape index (κ1) is 17.6. The van der Waals surface area contributed by atoms with Crippen molar-refractivity contribution >= 4 is 41.3 Å². The number of amides is 2. The third kappa shape index (κ3) is 4.90. The number of guanidine groups is 1. The third-order valence-electron chi connectivity index (χ3n) is 3.50. The van der Waals surface area contributed by atoms with Gasteiger partial charge in [0.2, 0.25) is 11.9 Å². The largest absolute Gasteiger partial charge is 0.326 e. The van der Waals surface area contributed by atoms with Gasteiger partial charge in [0.15, 0.2) is 0 Å². The number of hydrazone groups is 1. The molecule has 7 nitrogen and oxygen atoms in total. The summed E-state index contributed by atoms with van der Waals surface area (Å²) in [5.41, 5.74) is 4.13. The Balaban J connectivity index is 1.54. The van der Waals surface area contributed by atoms with E-state index in [9.17, 15) is 9.59 Å². The molecule has 0 bridgehead atoms. The van der Waals surface area contributed by atoms with Gasteiger partial charge < -0.3 is 5.32 Å². The second kappa shape index (κ2) is 8.26. The van der Waals surface area contributed by atoms with E-state index in [0.717, 1.165) is 5.56 Å². The highest BCUT2D eigenvalue weighted by Crippen LogP contribution is 2.15. The van der Waals surface area contributed by atoms with Gasteiger partial charge in [0.1, 0.15) is 6.04 Å². The standard InChI is InChI=1S/C18H16ClN5O2/c19-13-7-4-8-14(9-13)21-16(25)10-15-17(26)23-18(22-15)24-20-11-12-5-2-1-3-6-12/h1-9,11,15H,10H2,(H,21,25)(H2,22,23,24,26)/b20-11+/t15-/m1/s1. The van der Waals surface area contributed by atoms with Crippen molar-refractivity contribution in [3.8, 4) is 0 Å². The number of carbonyl (C=O) groups excluding carboxylic acids is 2. The zero-order valence-corrected chi connectivity index (χ0v) is 14.4. The molecule has 3 rings (SSSR count). The normalized spacial score (nSPS) is 16.3. The van der Waals surface area contributed by atoms with Crippen LogP contribution in [0.25, 0.3) is 0 Å². The van der Waals surface area contributed by atoms with Crippen LogP contribution < -0.4 is 16.1 Å². The Morgan fingerprint density at radius 2 is 2.04 bits per heavy atom. The molecule has 1 aliphatic heterocycles. The predicted molar refractivity (Wildman–Crippen MR) is 101 cm³/mol. The van der Waals surface area contributed by atoms with Gasteiger partial charge in [-0.15, -0.1) is 0 Å². The van der Waals surface area contributed by atoms with Crippen LogP contribution in [0.3, 0.4) is 0 Å². The molecule has 0 radical (unpaired) electrons. The molecular weight excluding hydrogens is 354 g/mol. The Morgan fingerprint density at radius 3 is 2.81 bits per heavy atom. The van der Waals surface area contributed by atoms with Crippen molar-refractivity contribution in [2.75, 3.05) is 5.32 Å². The molecule has 2 amide bonds. The summed E-state index contributed by atoms with van der Waals surface area (Å²) < 4.78 is 0. The number of benzene rings is 2.